The number of allylic oxidation sites excluding steroid dienone is 6. The highest BCUT2D eigenvalue weighted by atomic mass is 32.1. The van der Waals surface area contributed by atoms with Gasteiger partial charge >= 0.3 is 0 Å². The van der Waals surface area contributed by atoms with Crippen LogP contribution in [0.3, 0.4) is 0 Å². The standard InChI is InChI=1S/C35H22N2S.C6H10.C5H8.C2H6/c1-3-11-23(12-4-1)30-19-25(20-31(36-30)24-13-5-2-6-14-24)37-32-17-9-7-15-26(32)28-21-29-27-16-8-10-18-34(27)38-35(29)22-33(28)37;1-3-5-6-4-2;1-3-5-4-2;1-2/h1-22H;3,5-6H,1,4H2,2H3;3-5H,1H2,2H3;1-2H3/b;6-5-;5-4-;. The molecule has 8 aromatic rings. The van der Waals surface area contributed by atoms with Crippen molar-refractivity contribution in [3.63, 3.8) is 0 Å². The highest BCUT2D eigenvalue weighted by molar-refractivity contribution is 7.25. The summed E-state index contributed by atoms with van der Waals surface area (Å²) in [7, 11) is 0. The number of hydrogen-bond donors (Lipinski definition) is 0. The van der Waals surface area contributed by atoms with Crippen LogP contribution in [-0.4, -0.2) is 9.55 Å². The van der Waals surface area contributed by atoms with Crippen LogP contribution in [0.25, 0.3) is 70.2 Å². The Kier molecular flexibility index (Phi) is 13.1. The molecule has 0 atom stereocenters. The van der Waals surface area contributed by atoms with E-state index in [9.17, 15) is 0 Å². The van der Waals surface area contributed by atoms with Crippen LogP contribution in [0.1, 0.15) is 34.1 Å². The summed E-state index contributed by atoms with van der Waals surface area (Å²) in [5, 5.41) is 5.19. The highest BCUT2D eigenvalue weighted by Crippen LogP contribution is 2.41. The number of nitrogens with zero attached hydrogens (tertiary/aromatic N) is 2. The molecule has 0 N–H and O–H groups in total. The fourth-order valence-corrected chi connectivity index (χ4v) is 7.11. The minimum absolute atomic E-state index is 0.968. The van der Waals surface area contributed by atoms with Gasteiger partial charge < -0.3 is 4.57 Å². The monoisotopic (exact) mass is 682 g/mol. The number of pyridine rings is 1. The first-order valence-corrected chi connectivity index (χ1v) is 18.5. The van der Waals surface area contributed by atoms with E-state index in [-0.39, 0.29) is 0 Å². The van der Waals surface area contributed by atoms with E-state index in [0.29, 0.717) is 0 Å². The van der Waals surface area contributed by atoms with Gasteiger partial charge in [0.25, 0.3) is 0 Å². The van der Waals surface area contributed by atoms with Crippen molar-refractivity contribution in [1.82, 2.24) is 9.55 Å². The van der Waals surface area contributed by atoms with Gasteiger partial charge in [-0.3, -0.25) is 0 Å². The summed E-state index contributed by atoms with van der Waals surface area (Å²) in [6.07, 6.45) is 12.5. The Morgan fingerprint density at radius 3 is 1.71 bits per heavy atom. The Hall–Kier alpha value is -5.77. The maximum atomic E-state index is 5.11. The lowest BCUT2D eigenvalue weighted by atomic mass is 10.1. The zero-order chi connectivity index (χ0) is 36.0. The van der Waals surface area contributed by atoms with Gasteiger partial charge in [-0.1, -0.05) is 167 Å². The molecule has 8 rings (SSSR count). The van der Waals surface area contributed by atoms with E-state index in [1.54, 1.807) is 12.2 Å². The number of thiophene rings is 1. The van der Waals surface area contributed by atoms with Crippen LogP contribution in [0, 0.1) is 0 Å². The molecule has 0 aliphatic carbocycles. The molecule has 0 radical (unpaired) electrons. The van der Waals surface area contributed by atoms with Crippen molar-refractivity contribution in [3.8, 4) is 28.2 Å². The lowest BCUT2D eigenvalue weighted by Gasteiger charge is -2.13. The molecule has 254 valence electrons. The summed E-state index contributed by atoms with van der Waals surface area (Å²) in [5.41, 5.74) is 7.69. The number of para-hydroxylation sites is 1. The topological polar surface area (TPSA) is 17.8 Å². The first-order chi connectivity index (χ1) is 25.2. The van der Waals surface area contributed by atoms with Gasteiger partial charge in [0.2, 0.25) is 0 Å². The number of fused-ring (bicyclic) bond motifs is 6. The summed E-state index contributed by atoms with van der Waals surface area (Å²) >= 11 is 1.86. The fourth-order valence-electron chi connectivity index (χ4n) is 5.99. The number of rotatable bonds is 6. The summed E-state index contributed by atoms with van der Waals surface area (Å²) in [6.45, 7) is 15.0. The summed E-state index contributed by atoms with van der Waals surface area (Å²) in [6, 6.07) is 47.6. The molecule has 0 amide bonds. The Morgan fingerprint density at radius 2 is 1.16 bits per heavy atom. The van der Waals surface area contributed by atoms with Crippen LogP contribution in [0.2, 0.25) is 0 Å². The van der Waals surface area contributed by atoms with Gasteiger partial charge in [-0.2, -0.15) is 0 Å². The van der Waals surface area contributed by atoms with E-state index in [1.165, 1.54) is 42.0 Å². The largest absolute Gasteiger partial charge is 0.309 e. The van der Waals surface area contributed by atoms with Crippen molar-refractivity contribution in [1.29, 1.82) is 0 Å². The Balaban J connectivity index is 0.000000337. The van der Waals surface area contributed by atoms with Crippen molar-refractivity contribution < 1.29 is 0 Å². The highest BCUT2D eigenvalue weighted by Gasteiger charge is 2.17. The number of aromatic nitrogens is 2. The van der Waals surface area contributed by atoms with Gasteiger partial charge in [0.15, 0.2) is 0 Å². The average molecular weight is 683 g/mol. The van der Waals surface area contributed by atoms with Gasteiger partial charge in [-0.15, -0.1) is 11.3 Å². The second-order valence-electron chi connectivity index (χ2n) is 11.5. The molecule has 0 spiro atoms. The summed E-state index contributed by atoms with van der Waals surface area (Å²) < 4.78 is 5.05. The fraction of sp³-hybridized carbons (Fsp3) is 0.104. The van der Waals surface area contributed by atoms with Crippen LogP contribution in [0.15, 0.2) is 183 Å². The molecule has 2 nitrogen and oxygen atoms in total. The molecule has 0 aliphatic heterocycles. The van der Waals surface area contributed by atoms with Gasteiger partial charge in [0.1, 0.15) is 0 Å². The second-order valence-corrected chi connectivity index (χ2v) is 12.6. The molecule has 0 unspecified atom stereocenters. The van der Waals surface area contributed by atoms with E-state index < -0.39 is 0 Å². The molecule has 51 heavy (non-hydrogen) atoms. The first-order valence-electron chi connectivity index (χ1n) is 17.7. The predicted octanol–water partition coefficient (Wildman–Crippen LogP) is 14.8. The third-order valence-corrected chi connectivity index (χ3v) is 9.35. The van der Waals surface area contributed by atoms with Crippen LogP contribution >= 0.6 is 11.3 Å². The van der Waals surface area contributed by atoms with Crippen LogP contribution < -0.4 is 0 Å². The first kappa shape index (κ1) is 36.5. The second kappa shape index (κ2) is 18.3. The summed E-state index contributed by atoms with van der Waals surface area (Å²) in [4.78, 5) is 5.11. The van der Waals surface area contributed by atoms with Crippen molar-refractivity contribution in [2.45, 2.75) is 34.1 Å². The molecule has 3 heteroatoms. The number of hydrogen-bond acceptors (Lipinski definition) is 2. The maximum absolute atomic E-state index is 5.11. The maximum Gasteiger partial charge on any atom is 0.0730 e. The molecule has 0 fully saturated rings. The average Bonchev–Trinajstić information content (AvgIpc) is 3.73. The number of benzene rings is 5. The zero-order valence-corrected chi connectivity index (χ0v) is 30.9. The molecular formula is C48H46N2S. The van der Waals surface area contributed by atoms with E-state index in [2.05, 4.69) is 164 Å². The van der Waals surface area contributed by atoms with Crippen LogP contribution in [0.4, 0.5) is 0 Å². The van der Waals surface area contributed by atoms with Crippen molar-refractivity contribution in [2.75, 3.05) is 0 Å². The van der Waals surface area contributed by atoms with Gasteiger partial charge in [-0.25, -0.2) is 4.98 Å². The van der Waals surface area contributed by atoms with Crippen LogP contribution in [0.5, 0.6) is 0 Å². The molecule has 0 aliphatic rings. The molecule has 0 saturated heterocycles. The van der Waals surface area contributed by atoms with Gasteiger partial charge in [0, 0.05) is 42.1 Å². The minimum atomic E-state index is 0.968. The van der Waals surface area contributed by atoms with E-state index in [1.807, 2.05) is 50.3 Å². The smallest absolute Gasteiger partial charge is 0.0730 e. The Morgan fingerprint density at radius 1 is 0.588 bits per heavy atom. The van der Waals surface area contributed by atoms with Crippen molar-refractivity contribution in [3.05, 3.63) is 183 Å². The third-order valence-electron chi connectivity index (χ3n) is 8.21. The van der Waals surface area contributed by atoms with E-state index in [0.717, 1.165) is 34.6 Å². The summed E-state index contributed by atoms with van der Waals surface area (Å²) in [5.74, 6) is 0. The molecular weight excluding hydrogens is 637 g/mol. The molecule has 3 aromatic heterocycles. The van der Waals surface area contributed by atoms with Crippen LogP contribution in [-0.2, 0) is 0 Å². The Bertz CT molecular complexity index is 2350. The van der Waals surface area contributed by atoms with Gasteiger partial charge in [0.05, 0.1) is 28.1 Å². The zero-order valence-electron chi connectivity index (χ0n) is 30.1. The predicted molar refractivity (Wildman–Crippen MR) is 228 cm³/mol. The van der Waals surface area contributed by atoms with E-state index in [4.69, 9.17) is 4.98 Å². The quantitative estimate of drug-likeness (QED) is 0.160. The SMILES string of the molecule is C=C/C=C\C.C=C/C=C\CC.CC.c1ccc(-c2cc(-n3c4ccccc4c4cc5c(cc43)sc3ccccc35)cc(-c3ccccc3)n2)cc1. The van der Waals surface area contributed by atoms with E-state index >= 15 is 0 Å². The lowest BCUT2D eigenvalue weighted by Crippen LogP contribution is -1.98. The molecule has 5 aromatic carbocycles. The van der Waals surface area contributed by atoms with Gasteiger partial charge in [-0.05, 0) is 49.7 Å². The molecule has 0 bridgehead atoms. The van der Waals surface area contributed by atoms with Crippen molar-refractivity contribution >= 4 is 53.3 Å². The normalized spacial score (nSPS) is 10.8. The lowest BCUT2D eigenvalue weighted by molar-refractivity contribution is 1.16. The molecule has 3 heterocycles. The third kappa shape index (κ3) is 8.34. The Labute approximate surface area is 307 Å². The molecule has 0 saturated carbocycles. The minimum Gasteiger partial charge on any atom is -0.309 e. The van der Waals surface area contributed by atoms with Crippen molar-refractivity contribution in [2.24, 2.45) is 0 Å².